The van der Waals surface area contributed by atoms with Gasteiger partial charge in [-0.25, -0.2) is 4.68 Å². The fraction of sp³-hybridized carbons (Fsp3) is 0.304. The van der Waals surface area contributed by atoms with E-state index in [1.165, 1.54) is 10.9 Å². The fourth-order valence-electron chi connectivity index (χ4n) is 3.46. The maximum atomic E-state index is 12.8. The van der Waals surface area contributed by atoms with Crippen molar-refractivity contribution in [2.24, 2.45) is 0 Å². The number of hydrogen-bond acceptors (Lipinski definition) is 7. The molecule has 0 unspecified atom stereocenters. The summed E-state index contributed by atoms with van der Waals surface area (Å²) in [6, 6.07) is 7.50. The van der Waals surface area contributed by atoms with Crippen LogP contribution in [0.3, 0.4) is 0 Å². The lowest BCUT2D eigenvalue weighted by Gasteiger charge is -2.09. The highest BCUT2D eigenvalue weighted by atomic mass is 16.5. The largest absolute Gasteiger partial charge is 0.466 e. The Hall–Kier alpha value is -4.28. The molecule has 0 aliphatic rings. The first kappa shape index (κ1) is 22.9. The average Bonchev–Trinajstić information content (AvgIpc) is 3.38. The Kier molecular flexibility index (Phi) is 6.26. The van der Waals surface area contributed by atoms with E-state index >= 15 is 0 Å². The van der Waals surface area contributed by atoms with Crippen LogP contribution in [0.25, 0.3) is 22.7 Å². The summed E-state index contributed by atoms with van der Waals surface area (Å²) in [5, 5.41) is 11.8. The summed E-state index contributed by atoms with van der Waals surface area (Å²) < 4.78 is 7.79. The normalized spacial score (nSPS) is 11.1. The van der Waals surface area contributed by atoms with Crippen molar-refractivity contribution in [3.05, 3.63) is 57.6 Å². The summed E-state index contributed by atoms with van der Waals surface area (Å²) in [4.78, 5) is 44.0. The Morgan fingerprint density at radius 3 is 2.62 bits per heavy atom. The zero-order valence-electron chi connectivity index (χ0n) is 19.4. The average molecular weight is 463 g/mol. The number of aromatic nitrogens is 6. The molecular weight excluding hydrogens is 438 g/mol. The van der Waals surface area contributed by atoms with Crippen molar-refractivity contribution in [1.29, 1.82) is 0 Å². The van der Waals surface area contributed by atoms with Gasteiger partial charge in [-0.15, -0.1) is 0 Å². The third kappa shape index (κ3) is 4.58. The maximum absolute atomic E-state index is 12.8. The second-order valence-electron chi connectivity index (χ2n) is 7.89. The van der Waals surface area contributed by atoms with Crippen LogP contribution in [0.2, 0.25) is 0 Å². The summed E-state index contributed by atoms with van der Waals surface area (Å²) in [7, 11) is 0. The first-order valence-corrected chi connectivity index (χ1v) is 10.8. The molecule has 4 rings (SSSR count). The number of carbonyl (C=O) groups is 2. The molecule has 0 radical (unpaired) electrons. The van der Waals surface area contributed by atoms with E-state index in [2.05, 4.69) is 25.5 Å². The first-order valence-electron chi connectivity index (χ1n) is 10.8. The lowest BCUT2D eigenvalue weighted by molar-refractivity contribution is -0.144. The molecule has 2 N–H and O–H groups in total. The van der Waals surface area contributed by atoms with Crippen molar-refractivity contribution >= 4 is 28.7 Å². The van der Waals surface area contributed by atoms with Crippen LogP contribution in [0, 0.1) is 20.8 Å². The molecule has 0 bridgehead atoms. The number of amides is 1. The van der Waals surface area contributed by atoms with Gasteiger partial charge in [0.15, 0.2) is 5.65 Å². The van der Waals surface area contributed by atoms with E-state index in [-0.39, 0.29) is 31.0 Å². The van der Waals surface area contributed by atoms with Gasteiger partial charge in [-0.1, -0.05) is 6.07 Å². The number of benzene rings is 1. The van der Waals surface area contributed by atoms with Gasteiger partial charge < -0.3 is 10.1 Å². The lowest BCUT2D eigenvalue weighted by atomic mass is 10.1. The number of rotatable bonds is 7. The maximum Gasteiger partial charge on any atom is 0.306 e. The number of esters is 1. The van der Waals surface area contributed by atoms with Gasteiger partial charge in [0.25, 0.3) is 5.56 Å². The van der Waals surface area contributed by atoms with E-state index in [1.54, 1.807) is 24.6 Å². The predicted octanol–water partition coefficient (Wildman–Crippen LogP) is 2.50. The monoisotopic (exact) mass is 463 g/mol. The quantitative estimate of drug-likeness (QED) is 0.402. The first-order chi connectivity index (χ1) is 16.3. The summed E-state index contributed by atoms with van der Waals surface area (Å²) in [5.41, 5.74) is 3.57. The molecule has 0 fully saturated rings. The number of carbonyl (C=O) groups excluding carboxylic acids is 2. The minimum absolute atomic E-state index is 0.0387. The Morgan fingerprint density at radius 1 is 1.09 bits per heavy atom. The highest BCUT2D eigenvalue weighted by molar-refractivity contribution is 5.92. The molecule has 1 aromatic carbocycles. The van der Waals surface area contributed by atoms with Gasteiger partial charge in [0.05, 0.1) is 30.6 Å². The number of nitrogens with one attached hydrogen (secondary N) is 2. The highest BCUT2D eigenvalue weighted by Crippen LogP contribution is 2.20. The third-order valence-electron chi connectivity index (χ3n) is 5.32. The molecule has 0 saturated carbocycles. The number of fused-ring (bicyclic) bond motifs is 1. The molecule has 11 heteroatoms. The number of nitrogens with zero attached hydrogens (tertiary/aromatic N) is 5. The van der Waals surface area contributed by atoms with Crippen molar-refractivity contribution in [2.75, 3.05) is 11.9 Å². The topological polar surface area (TPSA) is 137 Å². The SMILES string of the molecule is CCOC(=O)CCC(=O)Nc1cc(C)nn1-c1nc2c(cnn2-c2ccc(C)c(C)c2)c(=O)[nH]1. The van der Waals surface area contributed by atoms with Crippen LogP contribution in [-0.4, -0.2) is 48.0 Å². The van der Waals surface area contributed by atoms with Crippen LogP contribution in [0.1, 0.15) is 36.6 Å². The Morgan fingerprint density at radius 2 is 1.88 bits per heavy atom. The molecule has 4 aromatic rings. The molecule has 0 spiro atoms. The van der Waals surface area contributed by atoms with Crippen LogP contribution in [-0.2, 0) is 14.3 Å². The number of H-pyrrole nitrogens is 1. The van der Waals surface area contributed by atoms with Gasteiger partial charge >= 0.3 is 5.97 Å². The van der Waals surface area contributed by atoms with Crippen LogP contribution >= 0.6 is 0 Å². The number of aryl methyl sites for hydroxylation is 3. The summed E-state index contributed by atoms with van der Waals surface area (Å²) >= 11 is 0. The van der Waals surface area contributed by atoms with Crippen molar-refractivity contribution in [2.45, 2.75) is 40.5 Å². The van der Waals surface area contributed by atoms with E-state index in [9.17, 15) is 14.4 Å². The van der Waals surface area contributed by atoms with Gasteiger partial charge in [-0.05, 0) is 51.0 Å². The summed E-state index contributed by atoms with van der Waals surface area (Å²) in [5.74, 6) is -0.404. The zero-order valence-corrected chi connectivity index (χ0v) is 19.4. The number of hydrogen-bond donors (Lipinski definition) is 2. The van der Waals surface area contributed by atoms with Crippen LogP contribution in [0.15, 0.2) is 35.3 Å². The molecule has 1 amide bonds. The minimum Gasteiger partial charge on any atom is -0.466 e. The zero-order chi connectivity index (χ0) is 24.4. The molecule has 176 valence electrons. The Bertz CT molecular complexity index is 1450. The van der Waals surface area contributed by atoms with E-state index in [4.69, 9.17) is 4.74 Å². The lowest BCUT2D eigenvalue weighted by Crippen LogP contribution is -2.19. The van der Waals surface area contributed by atoms with Crippen molar-refractivity contribution < 1.29 is 14.3 Å². The second kappa shape index (κ2) is 9.30. The molecule has 34 heavy (non-hydrogen) atoms. The van der Waals surface area contributed by atoms with E-state index in [0.29, 0.717) is 22.5 Å². The number of aromatic amines is 1. The van der Waals surface area contributed by atoms with E-state index in [1.807, 2.05) is 32.0 Å². The van der Waals surface area contributed by atoms with E-state index < -0.39 is 11.9 Å². The highest BCUT2D eigenvalue weighted by Gasteiger charge is 2.17. The van der Waals surface area contributed by atoms with Gasteiger partial charge in [-0.2, -0.15) is 19.9 Å². The van der Waals surface area contributed by atoms with Crippen LogP contribution < -0.4 is 10.9 Å². The standard InChI is InChI=1S/C23H25N7O4/c1-5-34-20(32)9-8-19(31)25-18-11-15(4)28-30(18)23-26-21-17(22(33)27-23)12-24-29(21)16-7-6-13(2)14(3)10-16/h6-7,10-12H,5,8-9H2,1-4H3,(H,25,31)(H,26,27,33). The van der Waals surface area contributed by atoms with Crippen LogP contribution in [0.5, 0.6) is 0 Å². The van der Waals surface area contributed by atoms with Crippen molar-refractivity contribution in [3.63, 3.8) is 0 Å². The molecule has 0 aliphatic heterocycles. The van der Waals surface area contributed by atoms with Crippen LogP contribution in [0.4, 0.5) is 5.82 Å². The number of ether oxygens (including phenoxy) is 1. The Labute approximate surface area is 194 Å². The third-order valence-corrected chi connectivity index (χ3v) is 5.32. The fourth-order valence-corrected chi connectivity index (χ4v) is 3.46. The number of anilines is 1. The smallest absolute Gasteiger partial charge is 0.306 e. The predicted molar refractivity (Wildman–Crippen MR) is 125 cm³/mol. The molecule has 0 aliphatic carbocycles. The Balaban J connectivity index is 1.69. The van der Waals surface area contributed by atoms with Crippen molar-refractivity contribution in [3.8, 4) is 11.6 Å². The molecule has 3 heterocycles. The molecule has 0 saturated heterocycles. The molecule has 3 aromatic heterocycles. The van der Waals surface area contributed by atoms with Gasteiger partial charge in [-0.3, -0.25) is 19.4 Å². The molecule has 11 nitrogen and oxygen atoms in total. The summed E-state index contributed by atoms with van der Waals surface area (Å²) in [6.45, 7) is 7.73. The van der Waals surface area contributed by atoms with Gasteiger partial charge in [0.1, 0.15) is 11.2 Å². The van der Waals surface area contributed by atoms with Crippen molar-refractivity contribution in [1.82, 2.24) is 29.5 Å². The van der Waals surface area contributed by atoms with E-state index in [0.717, 1.165) is 16.8 Å². The summed E-state index contributed by atoms with van der Waals surface area (Å²) in [6.07, 6.45) is 1.38. The molecule has 0 atom stereocenters. The minimum atomic E-state index is -0.446. The van der Waals surface area contributed by atoms with Gasteiger partial charge in [0, 0.05) is 12.5 Å². The second-order valence-corrected chi connectivity index (χ2v) is 7.89. The van der Waals surface area contributed by atoms with Gasteiger partial charge in [0.2, 0.25) is 11.9 Å². The molecular formula is C23H25N7O4.